The van der Waals surface area contributed by atoms with Gasteiger partial charge in [-0.2, -0.15) is 0 Å². The fourth-order valence-corrected chi connectivity index (χ4v) is 2.43. The van der Waals surface area contributed by atoms with Gasteiger partial charge in [0.25, 0.3) is 0 Å². The number of hydrogen-bond acceptors (Lipinski definition) is 5. The van der Waals surface area contributed by atoms with E-state index in [4.69, 9.17) is 14.2 Å². The second-order valence-corrected chi connectivity index (χ2v) is 5.63. The molecule has 0 aliphatic rings. The Morgan fingerprint density at radius 1 is 0.960 bits per heavy atom. The molecular formula is C19H24N2O4. The summed E-state index contributed by atoms with van der Waals surface area (Å²) in [6.45, 7) is 4.07. The summed E-state index contributed by atoms with van der Waals surface area (Å²) in [4.78, 5) is 12.2. The zero-order valence-corrected chi connectivity index (χ0v) is 15.2. The molecule has 134 valence electrons. The minimum atomic E-state index is -0.137. The second kappa shape index (κ2) is 8.28. The van der Waals surface area contributed by atoms with E-state index >= 15 is 0 Å². The molecule has 0 aliphatic heterocycles. The van der Waals surface area contributed by atoms with Crippen molar-refractivity contribution in [2.75, 3.05) is 38.5 Å². The van der Waals surface area contributed by atoms with Crippen molar-refractivity contribution in [3.63, 3.8) is 0 Å². The molecule has 0 saturated heterocycles. The maximum Gasteiger partial charge on any atom is 0.243 e. The number of hydrogen-bond donors (Lipinski definition) is 2. The van der Waals surface area contributed by atoms with E-state index in [-0.39, 0.29) is 12.5 Å². The average Bonchev–Trinajstić information content (AvgIpc) is 2.61. The van der Waals surface area contributed by atoms with Crippen molar-refractivity contribution in [2.24, 2.45) is 0 Å². The molecule has 6 nitrogen and oxygen atoms in total. The van der Waals surface area contributed by atoms with Crippen molar-refractivity contribution >= 4 is 17.3 Å². The Labute approximate surface area is 148 Å². The number of carbonyl (C=O) groups is 1. The summed E-state index contributed by atoms with van der Waals surface area (Å²) < 4.78 is 15.9. The lowest BCUT2D eigenvalue weighted by molar-refractivity contribution is -0.114. The first kappa shape index (κ1) is 18.4. The maximum absolute atomic E-state index is 12.2. The van der Waals surface area contributed by atoms with Gasteiger partial charge in [0.1, 0.15) is 0 Å². The first-order chi connectivity index (χ1) is 12.0. The molecule has 0 aromatic heterocycles. The number of methoxy groups -OCH3 is 3. The number of aryl methyl sites for hydroxylation is 2. The molecule has 25 heavy (non-hydrogen) atoms. The molecule has 2 N–H and O–H groups in total. The van der Waals surface area contributed by atoms with Crippen LogP contribution in [0.25, 0.3) is 0 Å². The summed E-state index contributed by atoms with van der Waals surface area (Å²) in [5, 5.41) is 5.98. The molecule has 0 saturated carbocycles. The fraction of sp³-hybridized carbons (Fsp3) is 0.316. The van der Waals surface area contributed by atoms with Gasteiger partial charge in [-0.25, -0.2) is 0 Å². The number of amides is 1. The van der Waals surface area contributed by atoms with Gasteiger partial charge < -0.3 is 24.8 Å². The van der Waals surface area contributed by atoms with E-state index in [0.717, 1.165) is 16.8 Å². The van der Waals surface area contributed by atoms with Crippen molar-refractivity contribution < 1.29 is 19.0 Å². The van der Waals surface area contributed by atoms with Crippen LogP contribution in [0.1, 0.15) is 11.1 Å². The van der Waals surface area contributed by atoms with Crippen molar-refractivity contribution in [1.29, 1.82) is 0 Å². The molecule has 0 fully saturated rings. The highest BCUT2D eigenvalue weighted by molar-refractivity contribution is 5.94. The number of benzene rings is 2. The quantitative estimate of drug-likeness (QED) is 0.806. The van der Waals surface area contributed by atoms with Gasteiger partial charge in [-0.3, -0.25) is 4.79 Å². The number of ether oxygens (including phenoxy) is 3. The zero-order valence-electron chi connectivity index (χ0n) is 15.2. The highest BCUT2D eigenvalue weighted by Gasteiger charge is 2.13. The molecule has 0 heterocycles. The van der Waals surface area contributed by atoms with Gasteiger partial charge in [-0.1, -0.05) is 12.1 Å². The highest BCUT2D eigenvalue weighted by atomic mass is 16.5. The Morgan fingerprint density at radius 2 is 1.60 bits per heavy atom. The number of nitrogens with one attached hydrogen (secondary N) is 2. The van der Waals surface area contributed by atoms with Gasteiger partial charge in [-0.05, 0) is 31.0 Å². The molecular weight excluding hydrogens is 320 g/mol. The SMILES string of the molecule is COc1cc(NCC(=O)Nc2cc(C)ccc2C)cc(OC)c1OC. The van der Waals surface area contributed by atoms with Crippen LogP contribution in [-0.4, -0.2) is 33.8 Å². The van der Waals surface area contributed by atoms with E-state index < -0.39 is 0 Å². The van der Waals surface area contributed by atoms with Crippen LogP contribution in [0, 0.1) is 13.8 Å². The van der Waals surface area contributed by atoms with Gasteiger partial charge in [-0.15, -0.1) is 0 Å². The predicted molar refractivity (Wildman–Crippen MR) is 99.1 cm³/mol. The van der Waals surface area contributed by atoms with E-state index in [1.165, 1.54) is 0 Å². The van der Waals surface area contributed by atoms with E-state index in [1.54, 1.807) is 33.5 Å². The average molecular weight is 344 g/mol. The summed E-state index contributed by atoms with van der Waals surface area (Å²) in [5.74, 6) is 1.43. The lowest BCUT2D eigenvalue weighted by Crippen LogP contribution is -2.22. The lowest BCUT2D eigenvalue weighted by Gasteiger charge is -2.15. The molecule has 0 spiro atoms. The molecule has 0 atom stereocenters. The van der Waals surface area contributed by atoms with E-state index in [9.17, 15) is 4.79 Å². The lowest BCUT2D eigenvalue weighted by atomic mass is 10.1. The smallest absolute Gasteiger partial charge is 0.243 e. The first-order valence-corrected chi connectivity index (χ1v) is 7.89. The van der Waals surface area contributed by atoms with Crippen LogP contribution < -0.4 is 24.8 Å². The molecule has 0 bridgehead atoms. The molecule has 2 aromatic carbocycles. The van der Waals surface area contributed by atoms with Crippen LogP contribution in [0.15, 0.2) is 30.3 Å². The molecule has 2 aromatic rings. The molecule has 2 rings (SSSR count). The minimum absolute atomic E-state index is 0.117. The summed E-state index contributed by atoms with van der Waals surface area (Å²) in [6, 6.07) is 9.46. The summed E-state index contributed by atoms with van der Waals surface area (Å²) in [5.41, 5.74) is 3.63. The third-order valence-electron chi connectivity index (χ3n) is 3.78. The first-order valence-electron chi connectivity index (χ1n) is 7.89. The third-order valence-corrected chi connectivity index (χ3v) is 3.78. The van der Waals surface area contributed by atoms with Crippen molar-refractivity contribution in [3.8, 4) is 17.2 Å². The van der Waals surface area contributed by atoms with Crippen LogP contribution >= 0.6 is 0 Å². The molecule has 0 unspecified atom stereocenters. The van der Waals surface area contributed by atoms with Gasteiger partial charge in [0, 0.05) is 23.5 Å². The van der Waals surface area contributed by atoms with E-state index in [0.29, 0.717) is 22.9 Å². The zero-order chi connectivity index (χ0) is 18.4. The highest BCUT2D eigenvalue weighted by Crippen LogP contribution is 2.39. The minimum Gasteiger partial charge on any atom is -0.493 e. The van der Waals surface area contributed by atoms with Crippen LogP contribution in [-0.2, 0) is 4.79 Å². The van der Waals surface area contributed by atoms with Gasteiger partial charge in [0.2, 0.25) is 11.7 Å². The number of anilines is 2. The van der Waals surface area contributed by atoms with Gasteiger partial charge in [0.15, 0.2) is 11.5 Å². The van der Waals surface area contributed by atoms with Gasteiger partial charge >= 0.3 is 0 Å². The van der Waals surface area contributed by atoms with Crippen molar-refractivity contribution in [1.82, 2.24) is 0 Å². The topological polar surface area (TPSA) is 68.8 Å². The van der Waals surface area contributed by atoms with Crippen LogP contribution in [0.4, 0.5) is 11.4 Å². The standard InChI is InChI=1S/C19H24N2O4/c1-12-6-7-13(2)15(8-12)21-18(22)11-20-14-9-16(23-3)19(25-5)17(10-14)24-4/h6-10,20H,11H2,1-5H3,(H,21,22). The van der Waals surface area contributed by atoms with Crippen LogP contribution in [0.5, 0.6) is 17.2 Å². The summed E-state index contributed by atoms with van der Waals surface area (Å²) in [7, 11) is 4.65. The monoisotopic (exact) mass is 344 g/mol. The Hall–Kier alpha value is -2.89. The number of rotatable bonds is 7. The Bertz CT molecular complexity index is 734. The molecule has 6 heteroatoms. The molecule has 1 amide bonds. The van der Waals surface area contributed by atoms with Crippen molar-refractivity contribution in [2.45, 2.75) is 13.8 Å². The van der Waals surface area contributed by atoms with Crippen molar-refractivity contribution in [3.05, 3.63) is 41.5 Å². The second-order valence-electron chi connectivity index (χ2n) is 5.63. The Balaban J connectivity index is 2.07. The Morgan fingerprint density at radius 3 is 2.16 bits per heavy atom. The van der Waals surface area contributed by atoms with E-state index in [2.05, 4.69) is 10.6 Å². The largest absolute Gasteiger partial charge is 0.493 e. The van der Waals surface area contributed by atoms with Crippen LogP contribution in [0.2, 0.25) is 0 Å². The normalized spacial score (nSPS) is 10.1. The van der Waals surface area contributed by atoms with E-state index in [1.807, 2.05) is 32.0 Å². The summed E-state index contributed by atoms with van der Waals surface area (Å²) >= 11 is 0. The molecule has 0 radical (unpaired) electrons. The van der Waals surface area contributed by atoms with Gasteiger partial charge in [0.05, 0.1) is 27.9 Å². The predicted octanol–water partition coefficient (Wildman–Crippen LogP) is 3.38. The molecule has 0 aliphatic carbocycles. The maximum atomic E-state index is 12.2. The number of carbonyl (C=O) groups excluding carboxylic acids is 1. The summed E-state index contributed by atoms with van der Waals surface area (Å²) in [6.07, 6.45) is 0. The third kappa shape index (κ3) is 4.56. The fourth-order valence-electron chi connectivity index (χ4n) is 2.43. The Kier molecular flexibility index (Phi) is 6.11. The van der Waals surface area contributed by atoms with Crippen LogP contribution in [0.3, 0.4) is 0 Å².